The molecule has 1 aromatic carbocycles. The van der Waals surface area contributed by atoms with Crippen LogP contribution in [0.25, 0.3) is 0 Å². The third-order valence-electron chi connectivity index (χ3n) is 3.32. The highest BCUT2D eigenvalue weighted by molar-refractivity contribution is 7.99. The molecule has 30 heavy (non-hydrogen) atoms. The van der Waals surface area contributed by atoms with Gasteiger partial charge in [0.1, 0.15) is 5.82 Å². The van der Waals surface area contributed by atoms with E-state index in [4.69, 9.17) is 5.73 Å². The molecule has 164 valence electrons. The van der Waals surface area contributed by atoms with E-state index in [2.05, 4.69) is 30.0 Å². The number of hydrogen-bond donors (Lipinski definition) is 3. The van der Waals surface area contributed by atoms with Crippen molar-refractivity contribution in [1.29, 1.82) is 0 Å². The summed E-state index contributed by atoms with van der Waals surface area (Å²) in [6, 6.07) is 2.90. The Labute approximate surface area is 173 Å². The standard InChI is InChI=1S/C15H17F3N6O4S2/c1-30(26,27)21-7-11(25)20-4-5-29-15-12(23-28-24-15)14(19)22-8-2-3-10(16)9(6-8)13(17)18/h2-3,6,13,21H,4-5,7H2,1H3,(H2,19,22)(H,20,25). The number of amides is 1. The Morgan fingerprint density at radius 1 is 1.37 bits per heavy atom. The fourth-order valence-electron chi connectivity index (χ4n) is 1.99. The molecule has 1 heterocycles. The van der Waals surface area contributed by atoms with Crippen LogP contribution in [-0.2, 0) is 14.8 Å². The fraction of sp³-hybridized carbons (Fsp3) is 0.333. The van der Waals surface area contributed by atoms with Gasteiger partial charge in [-0.15, -0.1) is 0 Å². The monoisotopic (exact) mass is 466 g/mol. The van der Waals surface area contributed by atoms with Gasteiger partial charge in [-0.25, -0.2) is 35.9 Å². The predicted octanol–water partition coefficient (Wildman–Crippen LogP) is 0.941. The van der Waals surface area contributed by atoms with E-state index in [9.17, 15) is 26.4 Å². The molecule has 0 unspecified atom stereocenters. The van der Waals surface area contributed by atoms with Gasteiger partial charge in [0.05, 0.1) is 24.1 Å². The maximum absolute atomic E-state index is 13.4. The second kappa shape index (κ2) is 10.4. The van der Waals surface area contributed by atoms with Crippen molar-refractivity contribution in [2.75, 3.05) is 25.1 Å². The quantitative estimate of drug-likeness (QED) is 0.202. The van der Waals surface area contributed by atoms with Gasteiger partial charge in [0.2, 0.25) is 15.9 Å². The van der Waals surface area contributed by atoms with Crippen LogP contribution < -0.4 is 15.8 Å². The van der Waals surface area contributed by atoms with Crippen LogP contribution in [0.2, 0.25) is 0 Å². The molecule has 0 atom stereocenters. The lowest BCUT2D eigenvalue weighted by atomic mass is 10.2. The van der Waals surface area contributed by atoms with Crippen LogP contribution in [0.5, 0.6) is 0 Å². The Morgan fingerprint density at radius 2 is 2.10 bits per heavy atom. The molecule has 0 aliphatic carbocycles. The van der Waals surface area contributed by atoms with E-state index in [1.165, 1.54) is 6.07 Å². The molecular weight excluding hydrogens is 449 g/mol. The zero-order valence-corrected chi connectivity index (χ0v) is 17.1. The Hall–Kier alpha value is -2.65. The van der Waals surface area contributed by atoms with Crippen molar-refractivity contribution in [3.8, 4) is 0 Å². The highest BCUT2D eigenvalue weighted by Crippen LogP contribution is 2.27. The number of rotatable bonds is 10. The first-order chi connectivity index (χ1) is 14.1. The van der Waals surface area contributed by atoms with Crippen molar-refractivity contribution in [1.82, 2.24) is 20.4 Å². The number of amidine groups is 1. The molecule has 1 aromatic heterocycles. The lowest BCUT2D eigenvalue weighted by Gasteiger charge is -2.05. The van der Waals surface area contributed by atoms with Gasteiger partial charge in [0.15, 0.2) is 16.6 Å². The summed E-state index contributed by atoms with van der Waals surface area (Å²) in [5.74, 6) is -1.46. The smallest absolute Gasteiger partial charge is 0.266 e. The maximum atomic E-state index is 13.4. The molecule has 1 amide bonds. The van der Waals surface area contributed by atoms with E-state index in [1.54, 1.807) is 0 Å². The number of nitrogens with zero attached hydrogens (tertiary/aromatic N) is 3. The highest BCUT2D eigenvalue weighted by atomic mass is 32.2. The number of alkyl halides is 2. The van der Waals surface area contributed by atoms with Crippen molar-refractivity contribution in [3.63, 3.8) is 0 Å². The SMILES string of the molecule is CS(=O)(=O)NCC(=O)NCCSc1nonc1C(N)=Nc1ccc(F)c(C(F)F)c1. The number of benzene rings is 1. The third-order valence-corrected chi connectivity index (χ3v) is 4.94. The van der Waals surface area contributed by atoms with Gasteiger partial charge in [-0.1, -0.05) is 11.8 Å². The first kappa shape index (κ1) is 23.6. The number of hydrogen-bond acceptors (Lipinski definition) is 8. The molecule has 15 heteroatoms. The Bertz CT molecular complexity index is 1030. The van der Waals surface area contributed by atoms with E-state index in [0.29, 0.717) is 5.75 Å². The maximum Gasteiger partial charge on any atom is 0.266 e. The van der Waals surface area contributed by atoms with Gasteiger partial charge in [-0.05, 0) is 28.5 Å². The van der Waals surface area contributed by atoms with E-state index in [0.717, 1.165) is 30.2 Å². The van der Waals surface area contributed by atoms with Crippen LogP contribution in [-0.4, -0.2) is 55.6 Å². The molecule has 2 aromatic rings. The zero-order chi connectivity index (χ0) is 22.3. The van der Waals surface area contributed by atoms with Gasteiger partial charge in [-0.2, -0.15) is 0 Å². The van der Waals surface area contributed by atoms with Crippen LogP contribution in [0.3, 0.4) is 0 Å². The topological polar surface area (TPSA) is 153 Å². The third kappa shape index (κ3) is 7.31. The normalized spacial score (nSPS) is 12.4. The summed E-state index contributed by atoms with van der Waals surface area (Å²) in [7, 11) is -3.47. The number of carbonyl (C=O) groups excluding carboxylic acids is 1. The summed E-state index contributed by atoms with van der Waals surface area (Å²) >= 11 is 1.11. The Kier molecular flexibility index (Phi) is 8.19. The molecule has 0 spiro atoms. The summed E-state index contributed by atoms with van der Waals surface area (Å²) in [5, 5.41) is 9.99. The van der Waals surface area contributed by atoms with Crippen molar-refractivity contribution >= 4 is 39.2 Å². The molecule has 4 N–H and O–H groups in total. The first-order valence-corrected chi connectivity index (χ1v) is 11.0. The number of aliphatic imine (C=N–C) groups is 1. The molecule has 10 nitrogen and oxygen atoms in total. The van der Waals surface area contributed by atoms with E-state index in [1.807, 2.05) is 0 Å². The minimum atomic E-state index is -3.47. The van der Waals surface area contributed by atoms with Gasteiger partial charge < -0.3 is 11.1 Å². The number of carbonyl (C=O) groups is 1. The first-order valence-electron chi connectivity index (χ1n) is 8.15. The molecule has 2 rings (SSSR count). The second-order valence-electron chi connectivity index (χ2n) is 5.71. The lowest BCUT2D eigenvalue weighted by Crippen LogP contribution is -2.37. The summed E-state index contributed by atoms with van der Waals surface area (Å²) in [6.45, 7) is -0.216. The number of sulfonamides is 1. The van der Waals surface area contributed by atoms with Crippen LogP contribution in [0, 0.1) is 5.82 Å². The van der Waals surface area contributed by atoms with Gasteiger partial charge in [-0.3, -0.25) is 4.79 Å². The Balaban J connectivity index is 1.96. The minimum absolute atomic E-state index is 0.00575. The number of thioether (sulfide) groups is 1. The summed E-state index contributed by atoms with van der Waals surface area (Å²) in [4.78, 5) is 15.4. The average Bonchev–Trinajstić information content (AvgIpc) is 3.13. The van der Waals surface area contributed by atoms with Crippen molar-refractivity contribution in [2.45, 2.75) is 11.5 Å². The minimum Gasteiger partial charge on any atom is -0.382 e. The Morgan fingerprint density at radius 3 is 2.77 bits per heavy atom. The largest absolute Gasteiger partial charge is 0.382 e. The summed E-state index contributed by atoms with van der Waals surface area (Å²) < 4.78 is 67.5. The van der Waals surface area contributed by atoms with Crippen LogP contribution in [0.15, 0.2) is 32.8 Å². The van der Waals surface area contributed by atoms with E-state index >= 15 is 0 Å². The molecule has 0 saturated carbocycles. The second-order valence-corrected chi connectivity index (χ2v) is 8.63. The molecule has 0 fully saturated rings. The van der Waals surface area contributed by atoms with Crippen LogP contribution in [0.4, 0.5) is 18.9 Å². The molecule has 0 radical (unpaired) electrons. The molecule has 0 aliphatic rings. The van der Waals surface area contributed by atoms with Crippen LogP contribution in [0.1, 0.15) is 17.7 Å². The predicted molar refractivity (Wildman–Crippen MR) is 103 cm³/mol. The van der Waals surface area contributed by atoms with Crippen LogP contribution >= 0.6 is 11.8 Å². The lowest BCUT2D eigenvalue weighted by molar-refractivity contribution is -0.119. The van der Waals surface area contributed by atoms with Crippen molar-refractivity contribution in [2.24, 2.45) is 10.7 Å². The molecular formula is C15H17F3N6O4S2. The molecule has 0 aliphatic heterocycles. The number of halogens is 3. The fourth-order valence-corrected chi connectivity index (χ4v) is 3.14. The van der Waals surface area contributed by atoms with E-state index in [-0.39, 0.29) is 28.8 Å². The van der Waals surface area contributed by atoms with Crippen molar-refractivity contribution in [3.05, 3.63) is 35.3 Å². The zero-order valence-electron chi connectivity index (χ0n) is 15.4. The number of nitrogens with one attached hydrogen (secondary N) is 2. The molecule has 0 bridgehead atoms. The summed E-state index contributed by atoms with van der Waals surface area (Å²) in [5.41, 5.74) is 5.06. The van der Waals surface area contributed by atoms with E-state index < -0.39 is 40.3 Å². The number of nitrogens with two attached hydrogens (primary N) is 1. The average molecular weight is 466 g/mol. The number of aromatic nitrogens is 2. The summed E-state index contributed by atoms with van der Waals surface area (Å²) in [6.07, 6.45) is -2.08. The van der Waals surface area contributed by atoms with Gasteiger partial charge >= 0.3 is 0 Å². The van der Waals surface area contributed by atoms with Gasteiger partial charge in [0.25, 0.3) is 6.43 Å². The van der Waals surface area contributed by atoms with Gasteiger partial charge in [0, 0.05) is 12.3 Å². The van der Waals surface area contributed by atoms with Crippen molar-refractivity contribution < 1.29 is 31.0 Å². The molecule has 0 saturated heterocycles. The highest BCUT2D eigenvalue weighted by Gasteiger charge is 2.17.